The van der Waals surface area contributed by atoms with Crippen LogP contribution in [0.15, 0.2) is 104 Å². The van der Waals surface area contributed by atoms with E-state index in [1.165, 1.54) is 0 Å². The van der Waals surface area contributed by atoms with Gasteiger partial charge in [0.05, 0.1) is 33.0 Å². The monoisotopic (exact) mass is 460 g/mol. The number of hydrogen-bond donors (Lipinski definition) is 0. The van der Waals surface area contributed by atoms with Gasteiger partial charge in [0, 0.05) is 0 Å². The average Bonchev–Trinajstić information content (AvgIpc) is 2.90. The van der Waals surface area contributed by atoms with E-state index >= 15 is 0 Å². The van der Waals surface area contributed by atoms with Crippen LogP contribution < -0.4 is 0 Å². The van der Waals surface area contributed by atoms with E-state index in [0.29, 0.717) is 19.8 Å². The second-order valence-corrected chi connectivity index (χ2v) is 7.82. The first-order chi connectivity index (χ1) is 16.8. The third-order valence-corrected chi connectivity index (χ3v) is 5.22. The van der Waals surface area contributed by atoms with E-state index in [1.54, 1.807) is 6.08 Å². The number of carbonyl (C=O) groups excluding carboxylic acids is 1. The summed E-state index contributed by atoms with van der Waals surface area (Å²) < 4.78 is 24.2. The number of carbonyl (C=O) groups is 1. The highest BCUT2D eigenvalue weighted by Crippen LogP contribution is 2.18. The molecular weight excluding hydrogens is 428 g/mol. The molecule has 34 heavy (non-hydrogen) atoms. The van der Waals surface area contributed by atoms with Crippen molar-refractivity contribution >= 4 is 6.29 Å². The Morgan fingerprint density at radius 1 is 0.676 bits per heavy atom. The van der Waals surface area contributed by atoms with Gasteiger partial charge in [0.1, 0.15) is 18.3 Å². The number of benzene rings is 3. The van der Waals surface area contributed by atoms with Gasteiger partial charge >= 0.3 is 0 Å². The molecule has 3 aromatic carbocycles. The molecule has 0 fully saturated rings. The lowest BCUT2D eigenvalue weighted by molar-refractivity contribution is -0.168. The molecule has 0 bridgehead atoms. The standard InChI is InChI=1S/C29H32O5/c1-2-18-31-23-28(33-21-25-14-8-4-9-15-25)29(34-22-26-16-10-5-11-17-26)27(19-30)32-20-24-12-6-3-7-13-24/h2-17,19,27-29H,1,18,20-23H2/t27-,28+,29-/m0/s1. The van der Waals surface area contributed by atoms with Crippen molar-refractivity contribution in [2.45, 2.75) is 38.1 Å². The Balaban J connectivity index is 1.77. The van der Waals surface area contributed by atoms with Crippen molar-refractivity contribution in [3.63, 3.8) is 0 Å². The third kappa shape index (κ3) is 8.69. The van der Waals surface area contributed by atoms with E-state index in [-0.39, 0.29) is 13.2 Å². The summed E-state index contributed by atoms with van der Waals surface area (Å²) in [6.07, 6.45) is 0.421. The van der Waals surface area contributed by atoms with Gasteiger partial charge in [-0.3, -0.25) is 0 Å². The minimum absolute atomic E-state index is 0.233. The van der Waals surface area contributed by atoms with Crippen LogP contribution in [0.2, 0.25) is 0 Å². The number of aldehydes is 1. The zero-order chi connectivity index (χ0) is 23.8. The number of ether oxygens (including phenoxy) is 4. The van der Waals surface area contributed by atoms with Crippen molar-refractivity contribution in [3.05, 3.63) is 120 Å². The minimum atomic E-state index is -0.836. The Kier molecular flexibility index (Phi) is 11.2. The molecule has 5 nitrogen and oxygen atoms in total. The number of hydrogen-bond acceptors (Lipinski definition) is 5. The summed E-state index contributed by atoms with van der Waals surface area (Å²) in [5.41, 5.74) is 2.99. The highest BCUT2D eigenvalue weighted by atomic mass is 16.6. The quantitative estimate of drug-likeness (QED) is 0.168. The van der Waals surface area contributed by atoms with Crippen molar-refractivity contribution in [3.8, 4) is 0 Å². The smallest absolute Gasteiger partial charge is 0.151 e. The van der Waals surface area contributed by atoms with Crippen LogP contribution >= 0.6 is 0 Å². The summed E-state index contributed by atoms with van der Waals surface area (Å²) in [6.45, 7) is 5.27. The summed E-state index contributed by atoms with van der Waals surface area (Å²) in [5.74, 6) is 0. The molecule has 0 aromatic heterocycles. The summed E-state index contributed by atoms with van der Waals surface area (Å²) in [6, 6.07) is 29.4. The first-order valence-corrected chi connectivity index (χ1v) is 11.4. The van der Waals surface area contributed by atoms with Crippen LogP contribution in [0.25, 0.3) is 0 Å². The van der Waals surface area contributed by atoms with Crippen LogP contribution in [-0.2, 0) is 43.6 Å². The molecule has 5 heteroatoms. The molecule has 0 spiro atoms. The molecule has 3 aromatic rings. The van der Waals surface area contributed by atoms with Gasteiger partial charge in [-0.25, -0.2) is 0 Å². The fourth-order valence-electron chi connectivity index (χ4n) is 3.44. The maximum absolute atomic E-state index is 12.2. The minimum Gasteiger partial charge on any atom is -0.375 e. The largest absolute Gasteiger partial charge is 0.375 e. The molecule has 0 saturated heterocycles. The van der Waals surface area contributed by atoms with Gasteiger partial charge in [0.25, 0.3) is 0 Å². The third-order valence-electron chi connectivity index (χ3n) is 5.22. The maximum atomic E-state index is 12.2. The molecule has 0 aliphatic rings. The van der Waals surface area contributed by atoms with Gasteiger partial charge in [0.2, 0.25) is 0 Å². The molecule has 0 heterocycles. The van der Waals surface area contributed by atoms with E-state index in [2.05, 4.69) is 6.58 Å². The predicted molar refractivity (Wildman–Crippen MR) is 132 cm³/mol. The molecule has 0 amide bonds. The van der Waals surface area contributed by atoms with E-state index < -0.39 is 18.3 Å². The normalized spacial score (nSPS) is 13.6. The molecule has 0 saturated carbocycles. The zero-order valence-electron chi connectivity index (χ0n) is 19.3. The predicted octanol–water partition coefficient (Wildman–Crippen LogP) is 5.14. The molecule has 0 unspecified atom stereocenters. The van der Waals surface area contributed by atoms with Gasteiger partial charge in [-0.1, -0.05) is 97.1 Å². The second-order valence-electron chi connectivity index (χ2n) is 7.82. The maximum Gasteiger partial charge on any atom is 0.151 e. The van der Waals surface area contributed by atoms with Crippen molar-refractivity contribution in [1.82, 2.24) is 0 Å². The summed E-state index contributed by atoms with van der Waals surface area (Å²) >= 11 is 0. The lowest BCUT2D eigenvalue weighted by atomic mass is 10.1. The Hall–Kier alpha value is -3.09. The molecular formula is C29H32O5. The van der Waals surface area contributed by atoms with Crippen molar-refractivity contribution in [1.29, 1.82) is 0 Å². The molecule has 0 aliphatic carbocycles. The first-order valence-electron chi connectivity index (χ1n) is 11.4. The molecule has 3 atom stereocenters. The molecule has 178 valence electrons. The lowest BCUT2D eigenvalue weighted by Gasteiger charge is -2.31. The molecule has 0 radical (unpaired) electrons. The van der Waals surface area contributed by atoms with Gasteiger partial charge in [-0.2, -0.15) is 0 Å². The van der Waals surface area contributed by atoms with Crippen LogP contribution in [0.3, 0.4) is 0 Å². The summed E-state index contributed by atoms with van der Waals surface area (Å²) in [5, 5.41) is 0. The van der Waals surface area contributed by atoms with Crippen LogP contribution in [-0.4, -0.2) is 37.8 Å². The Morgan fingerprint density at radius 3 is 1.62 bits per heavy atom. The van der Waals surface area contributed by atoms with E-state index in [1.807, 2.05) is 91.0 Å². The average molecular weight is 461 g/mol. The second kappa shape index (κ2) is 14.9. The van der Waals surface area contributed by atoms with Gasteiger partial charge < -0.3 is 23.7 Å². The Morgan fingerprint density at radius 2 is 1.15 bits per heavy atom. The number of rotatable bonds is 16. The van der Waals surface area contributed by atoms with Crippen molar-refractivity contribution in [2.24, 2.45) is 0 Å². The van der Waals surface area contributed by atoms with Crippen LogP contribution in [0.4, 0.5) is 0 Å². The van der Waals surface area contributed by atoms with Gasteiger partial charge in [0.15, 0.2) is 6.29 Å². The zero-order valence-corrected chi connectivity index (χ0v) is 19.3. The molecule has 3 rings (SSSR count). The van der Waals surface area contributed by atoms with Crippen LogP contribution in [0, 0.1) is 0 Å². The Labute approximate surface area is 201 Å². The summed E-state index contributed by atoms with van der Waals surface area (Å²) in [4.78, 5) is 12.2. The van der Waals surface area contributed by atoms with Gasteiger partial charge in [-0.15, -0.1) is 6.58 Å². The first kappa shape index (κ1) is 25.5. The van der Waals surface area contributed by atoms with E-state index in [9.17, 15) is 4.79 Å². The highest BCUT2D eigenvalue weighted by molar-refractivity contribution is 5.57. The topological polar surface area (TPSA) is 54.0 Å². The fraction of sp³-hybridized carbons (Fsp3) is 0.276. The van der Waals surface area contributed by atoms with E-state index in [0.717, 1.165) is 23.0 Å². The van der Waals surface area contributed by atoms with E-state index in [4.69, 9.17) is 18.9 Å². The highest BCUT2D eigenvalue weighted by Gasteiger charge is 2.32. The molecule has 0 N–H and O–H groups in total. The van der Waals surface area contributed by atoms with Crippen molar-refractivity contribution in [2.75, 3.05) is 13.2 Å². The Bertz CT molecular complexity index is 946. The SMILES string of the molecule is C=CCOC[C@@H](OCc1ccccc1)[C@@H](OCc1ccccc1)[C@H](C=O)OCc1ccccc1. The van der Waals surface area contributed by atoms with Crippen molar-refractivity contribution < 1.29 is 23.7 Å². The lowest BCUT2D eigenvalue weighted by Crippen LogP contribution is -2.46. The van der Waals surface area contributed by atoms with Crippen LogP contribution in [0.1, 0.15) is 16.7 Å². The van der Waals surface area contributed by atoms with Gasteiger partial charge in [-0.05, 0) is 16.7 Å². The fourth-order valence-corrected chi connectivity index (χ4v) is 3.44. The summed E-state index contributed by atoms with van der Waals surface area (Å²) in [7, 11) is 0. The molecule has 0 aliphatic heterocycles. The van der Waals surface area contributed by atoms with Crippen LogP contribution in [0.5, 0.6) is 0 Å².